The molecular weight excluding hydrogens is 515 g/mol. The number of nitrogens with zero attached hydrogens (tertiary/aromatic N) is 2. The van der Waals surface area contributed by atoms with Gasteiger partial charge in [-0.25, -0.2) is 8.42 Å². The Bertz CT molecular complexity index is 1220. The minimum absolute atomic E-state index is 0.0315. The van der Waals surface area contributed by atoms with Crippen molar-refractivity contribution in [1.82, 2.24) is 9.21 Å². The summed E-state index contributed by atoms with van der Waals surface area (Å²) in [6.07, 6.45) is 4.21. The van der Waals surface area contributed by atoms with Crippen LogP contribution in [0.5, 0.6) is 0 Å². The van der Waals surface area contributed by atoms with Crippen LogP contribution in [0.25, 0.3) is 0 Å². The van der Waals surface area contributed by atoms with Gasteiger partial charge in [0, 0.05) is 35.1 Å². The third-order valence-electron chi connectivity index (χ3n) is 7.67. The average molecular weight is 550 g/mol. The maximum Gasteiger partial charge on any atom is 0.229 e. The number of hydrogen-bond donors (Lipinski definition) is 0. The van der Waals surface area contributed by atoms with Crippen molar-refractivity contribution in [3.8, 4) is 0 Å². The van der Waals surface area contributed by atoms with E-state index >= 15 is 0 Å². The molecule has 2 aliphatic heterocycles. The molecule has 2 saturated heterocycles. The molecule has 0 bridgehead atoms. The summed E-state index contributed by atoms with van der Waals surface area (Å²) in [6, 6.07) is 14.9. The van der Waals surface area contributed by atoms with Crippen LogP contribution in [0.2, 0.25) is 10.0 Å². The number of hydrogen-bond acceptors (Lipinski definition) is 3. The maximum atomic E-state index is 14.3. The number of amides is 1. The first-order valence-electron chi connectivity index (χ1n) is 12.5. The lowest BCUT2D eigenvalue weighted by Crippen LogP contribution is -2.57. The van der Waals surface area contributed by atoms with Gasteiger partial charge in [-0.05, 0) is 61.1 Å². The van der Waals surface area contributed by atoms with Crippen molar-refractivity contribution in [2.24, 2.45) is 5.41 Å². The van der Waals surface area contributed by atoms with Crippen molar-refractivity contribution in [3.05, 3.63) is 82.4 Å². The number of piperidine rings is 1. The van der Waals surface area contributed by atoms with Gasteiger partial charge in [-0.3, -0.25) is 4.79 Å². The van der Waals surface area contributed by atoms with Gasteiger partial charge in [0.25, 0.3) is 0 Å². The van der Waals surface area contributed by atoms with E-state index in [1.165, 1.54) is 0 Å². The van der Waals surface area contributed by atoms with E-state index in [-0.39, 0.29) is 29.7 Å². The summed E-state index contributed by atoms with van der Waals surface area (Å²) >= 11 is 12.7. The van der Waals surface area contributed by atoms with Gasteiger partial charge in [-0.1, -0.05) is 67.4 Å². The Morgan fingerprint density at radius 1 is 1.14 bits per heavy atom. The second kappa shape index (κ2) is 10.9. The Hall–Kier alpha value is -1.86. The highest BCUT2D eigenvalue weighted by atomic mass is 35.5. The number of rotatable bonds is 8. The second-order valence-electron chi connectivity index (χ2n) is 10.2. The topological polar surface area (TPSA) is 57.7 Å². The third-order valence-corrected chi connectivity index (χ3v) is 10.1. The fourth-order valence-electron chi connectivity index (χ4n) is 5.83. The Morgan fingerprint density at radius 3 is 2.44 bits per heavy atom. The first kappa shape index (κ1) is 27.2. The van der Waals surface area contributed by atoms with Crippen molar-refractivity contribution in [2.45, 2.75) is 57.5 Å². The Labute approximate surface area is 225 Å². The molecule has 2 aromatic carbocycles. The molecule has 1 amide bonds. The minimum Gasteiger partial charge on any atom is -0.330 e. The number of carbonyl (C=O) groups excluding carboxylic acids is 1. The normalized spacial score (nSPS) is 27.2. The molecule has 0 radical (unpaired) electrons. The zero-order valence-corrected chi connectivity index (χ0v) is 23.2. The molecule has 0 aromatic heterocycles. The molecule has 2 aliphatic rings. The molecule has 2 fully saturated rings. The van der Waals surface area contributed by atoms with Crippen molar-refractivity contribution in [1.29, 1.82) is 0 Å². The largest absolute Gasteiger partial charge is 0.330 e. The fourth-order valence-corrected chi connectivity index (χ4v) is 7.72. The van der Waals surface area contributed by atoms with Crippen molar-refractivity contribution < 1.29 is 13.2 Å². The zero-order chi connectivity index (χ0) is 26.1. The van der Waals surface area contributed by atoms with Crippen LogP contribution in [0.4, 0.5) is 0 Å². The van der Waals surface area contributed by atoms with E-state index in [0.717, 1.165) is 11.1 Å². The van der Waals surface area contributed by atoms with Crippen LogP contribution in [0.15, 0.2) is 61.2 Å². The van der Waals surface area contributed by atoms with Gasteiger partial charge in [0.1, 0.15) is 0 Å². The number of halogens is 2. The number of allylic oxidation sites excluding steroid dienone is 1. The van der Waals surface area contributed by atoms with Crippen LogP contribution in [0.1, 0.15) is 62.6 Å². The van der Waals surface area contributed by atoms with Crippen molar-refractivity contribution in [3.63, 3.8) is 0 Å². The molecule has 0 N–H and O–H groups in total. The summed E-state index contributed by atoms with van der Waals surface area (Å²) in [5.41, 5.74) is 1.36. The van der Waals surface area contributed by atoms with E-state index < -0.39 is 15.4 Å². The quantitative estimate of drug-likeness (QED) is 0.356. The number of likely N-dealkylation sites (tertiary alicyclic amines) is 1. The summed E-state index contributed by atoms with van der Waals surface area (Å²) in [4.78, 5) is 16.3. The maximum absolute atomic E-state index is 14.3. The predicted octanol–water partition coefficient (Wildman–Crippen LogP) is 6.45. The number of sulfonamides is 1. The zero-order valence-electron chi connectivity index (χ0n) is 20.9. The van der Waals surface area contributed by atoms with Crippen LogP contribution in [-0.4, -0.2) is 48.4 Å². The van der Waals surface area contributed by atoms with E-state index in [0.29, 0.717) is 48.8 Å². The minimum atomic E-state index is -3.30. The molecule has 2 heterocycles. The van der Waals surface area contributed by atoms with Crippen LogP contribution < -0.4 is 0 Å². The molecule has 0 spiro atoms. The smallest absolute Gasteiger partial charge is 0.229 e. The first-order valence-corrected chi connectivity index (χ1v) is 14.9. The Kier molecular flexibility index (Phi) is 8.20. The Morgan fingerprint density at radius 2 is 1.86 bits per heavy atom. The lowest BCUT2D eigenvalue weighted by molar-refractivity contribution is -0.154. The summed E-state index contributed by atoms with van der Waals surface area (Å²) in [5.74, 6) is 0.151. The van der Waals surface area contributed by atoms with Crippen molar-refractivity contribution in [2.75, 3.05) is 18.8 Å². The highest BCUT2D eigenvalue weighted by molar-refractivity contribution is 7.89. The highest BCUT2D eigenvalue weighted by Crippen LogP contribution is 2.52. The predicted molar refractivity (Wildman–Crippen MR) is 147 cm³/mol. The van der Waals surface area contributed by atoms with Gasteiger partial charge in [0.05, 0.1) is 17.2 Å². The lowest BCUT2D eigenvalue weighted by Gasteiger charge is -2.52. The van der Waals surface area contributed by atoms with Gasteiger partial charge in [0.15, 0.2) is 0 Å². The molecule has 36 heavy (non-hydrogen) atoms. The molecule has 5 nitrogen and oxygen atoms in total. The van der Waals surface area contributed by atoms with E-state index in [1.807, 2.05) is 61.2 Å². The summed E-state index contributed by atoms with van der Waals surface area (Å²) in [5, 5.41) is 1.27. The van der Waals surface area contributed by atoms with Crippen LogP contribution >= 0.6 is 23.2 Å². The summed E-state index contributed by atoms with van der Waals surface area (Å²) in [6.45, 7) is 8.74. The fraction of sp³-hybridized carbons (Fsp3) is 0.464. The van der Waals surface area contributed by atoms with Crippen molar-refractivity contribution >= 4 is 39.1 Å². The molecule has 4 unspecified atom stereocenters. The first-order chi connectivity index (χ1) is 17.1. The Balaban J connectivity index is 1.87. The second-order valence-corrected chi connectivity index (χ2v) is 13.2. The lowest BCUT2D eigenvalue weighted by atomic mass is 9.67. The van der Waals surface area contributed by atoms with Crippen LogP contribution in [-0.2, 0) is 14.8 Å². The third kappa shape index (κ3) is 5.38. The molecule has 4 atom stereocenters. The van der Waals surface area contributed by atoms with Gasteiger partial charge >= 0.3 is 0 Å². The van der Waals surface area contributed by atoms with Gasteiger partial charge < -0.3 is 4.90 Å². The van der Waals surface area contributed by atoms with Crippen LogP contribution in [0, 0.1) is 5.41 Å². The van der Waals surface area contributed by atoms with E-state index in [9.17, 15) is 13.2 Å². The molecule has 194 valence electrons. The summed E-state index contributed by atoms with van der Waals surface area (Å²) in [7, 11) is -3.30. The van der Waals surface area contributed by atoms with Gasteiger partial charge in [0.2, 0.25) is 15.9 Å². The SMILES string of the molecule is C=CCC1(C)CC(c2cccc(Cl)c2)C(c2ccc(Cl)cc2)N(C(CC)CN2CCCS2(=O)=O)C1=O. The standard InChI is InChI=1S/C28H34Cl2N2O3S/c1-4-14-28(3)18-25(21-8-6-9-23(30)17-21)26(20-10-12-22(29)13-11-20)32(27(28)33)24(5-2)19-31-15-7-16-36(31,34)35/h4,6,8-13,17,24-26H,1,5,7,14-16,18-19H2,2-3H3. The number of benzene rings is 2. The molecule has 8 heteroatoms. The molecular formula is C28H34Cl2N2O3S. The van der Waals surface area contributed by atoms with E-state index in [4.69, 9.17) is 23.2 Å². The van der Waals surface area contributed by atoms with Gasteiger partial charge in [-0.2, -0.15) is 4.31 Å². The van der Waals surface area contributed by atoms with E-state index in [1.54, 1.807) is 10.4 Å². The van der Waals surface area contributed by atoms with Gasteiger partial charge in [-0.15, -0.1) is 6.58 Å². The molecule has 0 aliphatic carbocycles. The highest BCUT2D eigenvalue weighted by Gasteiger charge is 2.51. The number of carbonyl (C=O) groups is 1. The van der Waals surface area contributed by atoms with E-state index in [2.05, 4.69) is 12.6 Å². The molecule has 4 rings (SSSR count). The average Bonchev–Trinajstić information content (AvgIpc) is 3.17. The van der Waals surface area contributed by atoms with Crippen LogP contribution in [0.3, 0.4) is 0 Å². The summed E-state index contributed by atoms with van der Waals surface area (Å²) < 4.78 is 27.0. The molecule has 0 saturated carbocycles. The molecule has 2 aromatic rings. The monoisotopic (exact) mass is 548 g/mol.